The molecule has 0 saturated carbocycles. The van der Waals surface area contributed by atoms with E-state index in [-0.39, 0.29) is 22.9 Å². The Balaban J connectivity index is 1.74. The van der Waals surface area contributed by atoms with E-state index in [0.717, 1.165) is 18.7 Å². The van der Waals surface area contributed by atoms with Crippen LogP contribution in [0.25, 0.3) is 10.9 Å². The first kappa shape index (κ1) is 21.3. The van der Waals surface area contributed by atoms with Gasteiger partial charge in [0.2, 0.25) is 5.43 Å². The van der Waals surface area contributed by atoms with Gasteiger partial charge in [-0.1, -0.05) is 35.5 Å². The molecule has 0 radical (unpaired) electrons. The first-order valence-corrected chi connectivity index (χ1v) is 11.7. The lowest BCUT2D eigenvalue weighted by Crippen LogP contribution is -2.44. The van der Waals surface area contributed by atoms with Crippen molar-refractivity contribution in [2.45, 2.75) is 17.3 Å². The molecule has 166 valence electrons. The third-order valence-corrected chi connectivity index (χ3v) is 7.36. The molecule has 1 N–H and O–H groups in total. The Morgan fingerprint density at radius 2 is 1.97 bits per heavy atom. The molecular weight excluding hydrogens is 453 g/mol. The Labute approximate surface area is 193 Å². The minimum Gasteiger partial charge on any atom is -0.462 e. The fourth-order valence-corrected chi connectivity index (χ4v) is 5.63. The van der Waals surface area contributed by atoms with Gasteiger partial charge in [-0.25, -0.2) is 9.18 Å². The van der Waals surface area contributed by atoms with Crippen LogP contribution >= 0.6 is 23.4 Å². The average molecular weight is 474 g/mol. The average Bonchev–Trinajstić information content (AvgIpc) is 2.77. The molecule has 0 aliphatic carbocycles. The highest BCUT2D eigenvalue weighted by Crippen LogP contribution is 2.50. The summed E-state index contributed by atoms with van der Waals surface area (Å²) in [5, 5.41) is 4.43. The van der Waals surface area contributed by atoms with Crippen molar-refractivity contribution >= 4 is 45.9 Å². The van der Waals surface area contributed by atoms with Crippen molar-refractivity contribution in [2.75, 3.05) is 37.7 Å². The Hall–Kier alpha value is -2.55. The second-order valence-corrected chi connectivity index (χ2v) is 9.18. The molecule has 2 aromatic carbocycles. The standard InChI is InChI=1S/C23H21ClFN3O3S/c1-2-31-23(30)19-20(29)15-11-16(25)18(27-9-7-26-8-10-27)12-17(15)28-21(32-22(19)28)13-3-5-14(24)6-4-13/h3-6,11-12,21,26H,2,7-10H2,1H3. The summed E-state index contributed by atoms with van der Waals surface area (Å²) in [5.41, 5.74) is 1.50. The molecule has 5 rings (SSSR count). The fraction of sp³-hybridized carbons (Fsp3) is 0.304. The van der Waals surface area contributed by atoms with Crippen LogP contribution in [0.1, 0.15) is 28.2 Å². The molecule has 1 aromatic heterocycles. The third-order valence-electron chi connectivity index (χ3n) is 5.78. The maximum atomic E-state index is 15.1. The summed E-state index contributed by atoms with van der Waals surface area (Å²) in [5.74, 6) is -1.15. The molecule has 3 aromatic rings. The molecule has 1 saturated heterocycles. The zero-order valence-electron chi connectivity index (χ0n) is 17.4. The molecule has 3 heterocycles. The number of carbonyl (C=O) groups excluding carboxylic acids is 1. The normalized spacial score (nSPS) is 17.7. The van der Waals surface area contributed by atoms with Crippen molar-refractivity contribution in [3.63, 3.8) is 0 Å². The largest absolute Gasteiger partial charge is 0.462 e. The minimum atomic E-state index is -0.684. The topological polar surface area (TPSA) is 63.6 Å². The molecule has 1 fully saturated rings. The van der Waals surface area contributed by atoms with E-state index in [1.807, 2.05) is 21.6 Å². The van der Waals surface area contributed by atoms with Gasteiger partial charge in [0.25, 0.3) is 0 Å². The van der Waals surface area contributed by atoms with E-state index >= 15 is 4.39 Å². The molecule has 1 atom stereocenters. The summed E-state index contributed by atoms with van der Waals surface area (Å²) in [6.07, 6.45) is 0. The fourth-order valence-electron chi connectivity index (χ4n) is 4.23. The van der Waals surface area contributed by atoms with Gasteiger partial charge >= 0.3 is 5.97 Å². The highest BCUT2D eigenvalue weighted by molar-refractivity contribution is 8.00. The summed E-state index contributed by atoms with van der Waals surface area (Å²) in [4.78, 5) is 27.8. The predicted molar refractivity (Wildman–Crippen MR) is 125 cm³/mol. The van der Waals surface area contributed by atoms with Gasteiger partial charge in [0.1, 0.15) is 16.8 Å². The lowest BCUT2D eigenvalue weighted by Gasteiger charge is -2.36. The number of piperazine rings is 1. The van der Waals surface area contributed by atoms with E-state index in [1.54, 1.807) is 25.1 Å². The summed E-state index contributed by atoms with van der Waals surface area (Å²) in [7, 11) is 0. The second-order valence-electron chi connectivity index (χ2n) is 7.68. The van der Waals surface area contributed by atoms with E-state index in [1.165, 1.54) is 17.8 Å². The van der Waals surface area contributed by atoms with E-state index in [4.69, 9.17) is 16.3 Å². The van der Waals surface area contributed by atoms with Crippen LogP contribution < -0.4 is 15.6 Å². The Kier molecular flexibility index (Phi) is 5.61. The smallest absolute Gasteiger partial charge is 0.344 e. The van der Waals surface area contributed by atoms with Crippen LogP contribution in [0.3, 0.4) is 0 Å². The minimum absolute atomic E-state index is 0.0381. The number of hydrogen-bond donors (Lipinski definition) is 1. The number of anilines is 1. The van der Waals surface area contributed by atoms with Crippen LogP contribution in [0.4, 0.5) is 10.1 Å². The van der Waals surface area contributed by atoms with Crippen molar-refractivity contribution in [3.05, 3.63) is 68.6 Å². The first-order chi connectivity index (χ1) is 15.5. The maximum absolute atomic E-state index is 15.1. The van der Waals surface area contributed by atoms with Crippen molar-refractivity contribution < 1.29 is 13.9 Å². The highest BCUT2D eigenvalue weighted by Gasteiger charge is 2.37. The number of halogens is 2. The monoisotopic (exact) mass is 473 g/mol. The van der Waals surface area contributed by atoms with E-state index in [9.17, 15) is 9.59 Å². The number of pyridine rings is 1. The molecule has 1 unspecified atom stereocenters. The van der Waals surface area contributed by atoms with Crippen molar-refractivity contribution in [1.29, 1.82) is 0 Å². The molecule has 0 bridgehead atoms. The van der Waals surface area contributed by atoms with Crippen molar-refractivity contribution in [2.24, 2.45) is 0 Å². The molecule has 9 heteroatoms. The molecule has 2 aliphatic heterocycles. The molecule has 0 amide bonds. The first-order valence-electron chi connectivity index (χ1n) is 10.5. The zero-order valence-corrected chi connectivity index (χ0v) is 18.9. The zero-order chi connectivity index (χ0) is 22.4. The number of carbonyl (C=O) groups is 1. The van der Waals surface area contributed by atoms with Crippen molar-refractivity contribution in [3.8, 4) is 0 Å². The lowest BCUT2D eigenvalue weighted by atomic mass is 10.1. The number of esters is 1. The number of nitrogens with zero attached hydrogens (tertiary/aromatic N) is 2. The Bertz CT molecular complexity index is 1270. The summed E-state index contributed by atoms with van der Waals surface area (Å²) >= 11 is 7.47. The number of nitrogens with one attached hydrogen (secondary N) is 1. The Morgan fingerprint density at radius 1 is 1.25 bits per heavy atom. The lowest BCUT2D eigenvalue weighted by molar-refractivity contribution is 0.0518. The number of thioether (sulfide) groups is 1. The number of rotatable bonds is 4. The van der Waals surface area contributed by atoms with Crippen LogP contribution in [-0.2, 0) is 4.74 Å². The number of fused-ring (bicyclic) bond motifs is 3. The molecular formula is C23H21ClFN3O3S. The molecule has 0 spiro atoms. The van der Waals surface area contributed by atoms with Crippen LogP contribution in [-0.4, -0.2) is 43.3 Å². The number of ether oxygens (including phenoxy) is 1. The van der Waals surface area contributed by atoms with E-state index in [0.29, 0.717) is 34.3 Å². The van der Waals surface area contributed by atoms with Gasteiger partial charge < -0.3 is 19.5 Å². The molecule has 6 nitrogen and oxygen atoms in total. The second kappa shape index (κ2) is 8.42. The van der Waals surface area contributed by atoms with Crippen LogP contribution in [0.2, 0.25) is 5.02 Å². The van der Waals surface area contributed by atoms with Crippen LogP contribution in [0.15, 0.2) is 46.2 Å². The number of benzene rings is 2. The molecule has 2 aliphatic rings. The highest BCUT2D eigenvalue weighted by atomic mass is 35.5. The quantitative estimate of drug-likeness (QED) is 0.577. The summed E-state index contributed by atoms with van der Waals surface area (Å²) in [6.45, 7) is 4.72. The summed E-state index contributed by atoms with van der Waals surface area (Å²) < 4.78 is 22.2. The number of hydrogen-bond acceptors (Lipinski definition) is 6. The SMILES string of the molecule is CCOC(=O)c1c2n(c3cc(N4CCNCC4)c(F)cc3c1=O)C(c1ccc(Cl)cc1)S2. The van der Waals surface area contributed by atoms with E-state index < -0.39 is 17.2 Å². The van der Waals surface area contributed by atoms with Gasteiger partial charge in [-0.2, -0.15) is 0 Å². The van der Waals surface area contributed by atoms with Gasteiger partial charge in [-0.3, -0.25) is 4.79 Å². The number of aromatic nitrogens is 1. The van der Waals surface area contributed by atoms with Crippen LogP contribution in [0, 0.1) is 5.82 Å². The van der Waals surface area contributed by atoms with E-state index in [2.05, 4.69) is 5.32 Å². The van der Waals surface area contributed by atoms with Gasteiger partial charge in [0.05, 0.1) is 22.8 Å². The van der Waals surface area contributed by atoms with Gasteiger partial charge in [-0.15, -0.1) is 0 Å². The molecule has 32 heavy (non-hydrogen) atoms. The Morgan fingerprint density at radius 3 is 2.66 bits per heavy atom. The maximum Gasteiger partial charge on any atom is 0.344 e. The van der Waals surface area contributed by atoms with Gasteiger partial charge in [0.15, 0.2) is 0 Å². The van der Waals surface area contributed by atoms with Crippen LogP contribution in [0.5, 0.6) is 0 Å². The summed E-state index contributed by atoms with van der Waals surface area (Å²) in [6, 6.07) is 10.4. The van der Waals surface area contributed by atoms with Gasteiger partial charge in [-0.05, 0) is 36.8 Å². The third kappa shape index (κ3) is 3.46. The predicted octanol–water partition coefficient (Wildman–Crippen LogP) is 4.03. The van der Waals surface area contributed by atoms with Gasteiger partial charge in [0, 0.05) is 36.6 Å². The van der Waals surface area contributed by atoms with Crippen molar-refractivity contribution in [1.82, 2.24) is 9.88 Å².